The van der Waals surface area contributed by atoms with Gasteiger partial charge < -0.3 is 19.8 Å². The van der Waals surface area contributed by atoms with Crippen molar-refractivity contribution in [2.24, 2.45) is 0 Å². The lowest BCUT2D eigenvalue weighted by Gasteiger charge is -2.49. The average molecular weight is 1530 g/mol. The smallest absolute Gasteiger partial charge is 0.423 e. The first kappa shape index (κ1) is 70.5. The molecule has 0 aromatic heterocycles. The zero-order valence-corrected chi connectivity index (χ0v) is 65.2. The fourth-order valence-corrected chi connectivity index (χ4v) is 21.9. The van der Waals surface area contributed by atoms with Gasteiger partial charge in [0.1, 0.15) is 0 Å². The normalized spacial score (nSPS) is 14.0. The van der Waals surface area contributed by atoms with E-state index in [0.29, 0.717) is 5.46 Å². The summed E-state index contributed by atoms with van der Waals surface area (Å²) in [5.74, 6) is 0. The van der Waals surface area contributed by atoms with Gasteiger partial charge in [-0.25, -0.2) is 0 Å². The van der Waals surface area contributed by atoms with E-state index < -0.39 is 28.8 Å². The first-order valence-electron chi connectivity index (χ1n) is 40.6. The molecule has 4 nitrogen and oxygen atoms in total. The first-order valence-corrected chi connectivity index (χ1v) is 41.0. The summed E-state index contributed by atoms with van der Waals surface area (Å²) in [5, 5.41) is 19.3. The third kappa shape index (κ3) is 10.1. The van der Waals surface area contributed by atoms with Crippen molar-refractivity contribution in [2.75, 3.05) is 9.80 Å². The van der Waals surface area contributed by atoms with E-state index in [4.69, 9.17) is 11.6 Å². The van der Waals surface area contributed by atoms with Crippen LogP contribution in [0.25, 0.3) is 55.6 Å². The monoisotopic (exact) mass is 1530 g/mol. The summed E-state index contributed by atoms with van der Waals surface area (Å²) in [6.07, 6.45) is 0. The van der Waals surface area contributed by atoms with Gasteiger partial charge in [0.05, 0.1) is 21.7 Å². The van der Waals surface area contributed by atoms with E-state index in [0.717, 1.165) is 39.1 Å². The molecular weight excluding hydrogens is 1450 g/mol. The minimum absolute atomic E-state index is 0.457. The number of fused-ring (bicyclic) bond motifs is 32. The first-order chi connectivity index (χ1) is 58.3. The van der Waals surface area contributed by atoms with Crippen LogP contribution in [-0.4, -0.2) is 17.2 Å². The topological polar surface area (TPSA) is 46.9 Å². The number of benzene rings is 18. The summed E-state index contributed by atoms with van der Waals surface area (Å²) in [6.45, 7) is 0. The molecule has 18 aromatic carbocycles. The van der Waals surface area contributed by atoms with Crippen LogP contribution in [0.1, 0.15) is 89.0 Å². The lowest BCUT2D eigenvalue weighted by atomic mass is 9.51. The molecule has 6 aliphatic carbocycles. The summed E-state index contributed by atoms with van der Waals surface area (Å²) in [4.78, 5) is 4.46. The van der Waals surface area contributed by atoms with E-state index in [1.165, 1.54) is 145 Å². The lowest BCUT2D eigenvalue weighted by Crippen LogP contribution is -2.44. The molecule has 0 fully saturated rings. The molecule has 0 saturated heterocycles. The molecule has 0 bridgehead atoms. The van der Waals surface area contributed by atoms with Crippen LogP contribution in [0.2, 0.25) is 5.02 Å². The molecular formula is C112H76BClN2O2. The molecule has 0 radical (unpaired) electrons. The maximum atomic E-state index is 9.23. The van der Waals surface area contributed by atoms with Crippen LogP contribution in [0.5, 0.6) is 0 Å². The summed E-state index contributed by atoms with van der Waals surface area (Å²) in [6, 6.07) is 162. The van der Waals surface area contributed by atoms with Gasteiger partial charge >= 0.3 is 7.12 Å². The molecule has 2 N–H and O–H groups in total. The van der Waals surface area contributed by atoms with Crippen LogP contribution in [-0.2, 0) is 21.7 Å². The number of halogens is 1. The summed E-state index contributed by atoms with van der Waals surface area (Å²) < 4.78 is 0. The molecule has 0 heterocycles. The second kappa shape index (κ2) is 28.1. The van der Waals surface area contributed by atoms with E-state index in [2.05, 4.69) is 374 Å². The third-order valence-corrected chi connectivity index (χ3v) is 26.2. The Balaban J connectivity index is 0.000000118. The van der Waals surface area contributed by atoms with Crippen LogP contribution in [0.3, 0.4) is 0 Å². The maximum Gasteiger partial charge on any atom is 0.488 e. The molecule has 24 rings (SSSR count). The Morgan fingerprint density at radius 1 is 0.178 bits per heavy atom. The SMILES string of the molecule is Clc1cccc2c1C1(c3ccccc3-c3ccccc31)c1ccccc1C21c2ccccc2-c2ccccc21.OB(O)c1ccc(N(c2ccccc2)c2ccccc2)cc1.c1ccc(N(c2ccccc2)c2ccc(-c3cccc4c3C3(c5ccccc5-c5ccccc53)c3ccccc3C43c4ccccc4-c4ccccc43)cc2)cc1. The Bertz CT molecular complexity index is 6690. The van der Waals surface area contributed by atoms with Crippen molar-refractivity contribution < 1.29 is 10.0 Å². The predicted octanol–water partition coefficient (Wildman–Crippen LogP) is 26.1. The zero-order chi connectivity index (χ0) is 78.7. The van der Waals surface area contributed by atoms with E-state index in [-0.39, 0.29) is 0 Å². The summed E-state index contributed by atoms with van der Waals surface area (Å²) in [7, 11) is -1.45. The lowest BCUT2D eigenvalue weighted by molar-refractivity contribution is 0.426. The Labute approximate surface area is 693 Å². The number of hydrogen-bond acceptors (Lipinski definition) is 4. The zero-order valence-electron chi connectivity index (χ0n) is 64.5. The predicted molar refractivity (Wildman–Crippen MR) is 485 cm³/mol. The molecule has 0 unspecified atom stereocenters. The largest absolute Gasteiger partial charge is 0.488 e. The van der Waals surface area contributed by atoms with Gasteiger partial charge in [0, 0.05) is 39.1 Å². The number of para-hydroxylation sites is 4. The standard InChI is InChI=1S/C56H37N.C38H23Cl.C18H16BNO2/c1-3-18-39(19-4-1)57(40-20-5-2-6-21-40)41-36-34-38(35-37-41)42-26-17-33-53-54(42)56(49-29-13-9-24-45(49)46-25-10-14-30-50(46)56)52-32-16-15-31-51(52)55(53)47-27-11-7-22-43(47)44-23-8-12-28-48(44)55;39-35-23-11-22-34-36(35)38(30-18-7-3-14-26(30)27-15-4-8-19-31(27)38)33-21-10-9-20-32(33)37(34)28-16-5-1-12-24(28)25-13-2-6-17-29(25)37;21-19(22)15-11-13-18(14-12-15)20(16-7-3-1-4-8-16)17-9-5-2-6-10-17/h1-37H;1-23H;1-14,21-22H. The van der Waals surface area contributed by atoms with Crippen molar-refractivity contribution in [1.82, 2.24) is 0 Å². The highest BCUT2D eigenvalue weighted by Crippen LogP contribution is 2.71. The fraction of sp³-hybridized carbons (Fsp3) is 0.0357. The van der Waals surface area contributed by atoms with Crippen LogP contribution in [0.15, 0.2) is 449 Å². The van der Waals surface area contributed by atoms with Gasteiger partial charge in [-0.05, 0) is 229 Å². The Kier molecular flexibility index (Phi) is 16.8. The molecule has 6 aliphatic rings. The van der Waals surface area contributed by atoms with E-state index in [1.54, 1.807) is 12.1 Å². The Hall–Kier alpha value is -14.2. The van der Waals surface area contributed by atoms with E-state index in [1.807, 2.05) is 72.8 Å². The Morgan fingerprint density at radius 2 is 0.390 bits per heavy atom. The highest BCUT2D eigenvalue weighted by Gasteiger charge is 2.62. The van der Waals surface area contributed by atoms with Gasteiger partial charge in [-0.1, -0.05) is 382 Å². The van der Waals surface area contributed by atoms with Crippen molar-refractivity contribution in [3.8, 4) is 55.6 Å². The van der Waals surface area contributed by atoms with Crippen LogP contribution in [0, 0.1) is 0 Å². The van der Waals surface area contributed by atoms with Crippen molar-refractivity contribution in [2.45, 2.75) is 21.7 Å². The molecule has 18 aromatic rings. The molecule has 6 heteroatoms. The van der Waals surface area contributed by atoms with E-state index in [9.17, 15) is 10.0 Å². The summed E-state index contributed by atoms with van der Waals surface area (Å²) >= 11 is 7.43. The van der Waals surface area contributed by atoms with Crippen LogP contribution < -0.4 is 15.3 Å². The molecule has 556 valence electrons. The Morgan fingerprint density at radius 3 is 0.695 bits per heavy atom. The van der Waals surface area contributed by atoms with Crippen molar-refractivity contribution in [3.05, 3.63) is 543 Å². The maximum absolute atomic E-state index is 9.23. The van der Waals surface area contributed by atoms with Crippen molar-refractivity contribution >= 4 is 58.3 Å². The molecule has 4 spiro atoms. The molecule has 0 saturated carbocycles. The van der Waals surface area contributed by atoms with Crippen molar-refractivity contribution in [3.63, 3.8) is 0 Å². The number of rotatable bonds is 8. The van der Waals surface area contributed by atoms with Crippen molar-refractivity contribution in [1.29, 1.82) is 0 Å². The summed E-state index contributed by atoms with van der Waals surface area (Å²) in [5.41, 5.74) is 39.0. The minimum Gasteiger partial charge on any atom is -0.423 e. The fourth-order valence-electron chi connectivity index (χ4n) is 21.6. The van der Waals surface area contributed by atoms with Gasteiger partial charge in [-0.2, -0.15) is 0 Å². The number of nitrogens with zero attached hydrogens (tertiary/aromatic N) is 2. The number of hydrogen-bond donors (Lipinski definition) is 2. The molecule has 0 atom stereocenters. The van der Waals surface area contributed by atoms with Gasteiger partial charge in [0.25, 0.3) is 0 Å². The highest BCUT2D eigenvalue weighted by molar-refractivity contribution is 6.58. The average Bonchev–Trinajstić information content (AvgIpc) is 1.45. The second-order valence-corrected chi connectivity index (χ2v) is 31.8. The van der Waals surface area contributed by atoms with Crippen LogP contribution in [0.4, 0.5) is 34.1 Å². The van der Waals surface area contributed by atoms with Gasteiger partial charge in [-0.3, -0.25) is 0 Å². The number of anilines is 6. The molecule has 0 amide bonds. The van der Waals surface area contributed by atoms with E-state index >= 15 is 0 Å². The van der Waals surface area contributed by atoms with Gasteiger partial charge in [0.2, 0.25) is 0 Å². The third-order valence-electron chi connectivity index (χ3n) is 25.9. The van der Waals surface area contributed by atoms with Crippen LogP contribution >= 0.6 is 11.6 Å². The molecule has 118 heavy (non-hydrogen) atoms. The van der Waals surface area contributed by atoms with Gasteiger partial charge in [0.15, 0.2) is 0 Å². The van der Waals surface area contributed by atoms with Gasteiger partial charge in [-0.15, -0.1) is 0 Å². The highest BCUT2D eigenvalue weighted by atomic mass is 35.5. The molecule has 0 aliphatic heterocycles. The second-order valence-electron chi connectivity index (χ2n) is 31.4. The minimum atomic E-state index is -1.45. The quantitative estimate of drug-likeness (QED) is 0.149.